The third-order valence-corrected chi connectivity index (χ3v) is 4.78. The SMILES string of the molecule is Cc1nc2c(N3CCN(C(=O)OC(C)(C)C)CC3C)cc(Cl)nc2n1C. The average Bonchev–Trinajstić information content (AvgIpc) is 2.80. The van der Waals surface area contributed by atoms with Crippen LogP contribution >= 0.6 is 11.6 Å². The molecular formula is C18H26ClN5O2. The molecule has 1 aliphatic heterocycles. The molecule has 2 aromatic heterocycles. The Morgan fingerprint density at radius 1 is 1.31 bits per heavy atom. The van der Waals surface area contributed by atoms with Gasteiger partial charge in [-0.05, 0) is 34.6 Å². The third kappa shape index (κ3) is 3.58. The van der Waals surface area contributed by atoms with Crippen LogP contribution in [0.3, 0.4) is 0 Å². The topological polar surface area (TPSA) is 63.5 Å². The van der Waals surface area contributed by atoms with Gasteiger partial charge in [-0.3, -0.25) is 0 Å². The first-order valence-electron chi connectivity index (χ1n) is 8.81. The molecule has 1 saturated heterocycles. The van der Waals surface area contributed by atoms with Crippen LogP contribution < -0.4 is 4.90 Å². The maximum Gasteiger partial charge on any atom is 0.410 e. The van der Waals surface area contributed by atoms with Crippen molar-refractivity contribution < 1.29 is 9.53 Å². The summed E-state index contributed by atoms with van der Waals surface area (Å²) in [6.45, 7) is 11.5. The molecule has 0 aromatic carbocycles. The number of fused-ring (bicyclic) bond motifs is 1. The van der Waals surface area contributed by atoms with E-state index in [0.29, 0.717) is 24.8 Å². The average molecular weight is 380 g/mol. The summed E-state index contributed by atoms with van der Waals surface area (Å²) in [6, 6.07) is 1.97. The third-order valence-electron chi connectivity index (χ3n) is 4.59. The number of ether oxygens (including phenoxy) is 1. The second-order valence-electron chi connectivity index (χ2n) is 7.82. The maximum atomic E-state index is 12.4. The number of piperazine rings is 1. The Bertz CT molecular complexity index is 842. The molecule has 0 spiro atoms. The van der Waals surface area contributed by atoms with E-state index >= 15 is 0 Å². The summed E-state index contributed by atoms with van der Waals surface area (Å²) in [7, 11) is 1.93. The fraction of sp³-hybridized carbons (Fsp3) is 0.611. The lowest BCUT2D eigenvalue weighted by Gasteiger charge is -2.41. The Kier molecular flexibility index (Phi) is 4.77. The van der Waals surface area contributed by atoms with Gasteiger partial charge in [0.25, 0.3) is 0 Å². The van der Waals surface area contributed by atoms with Crippen molar-refractivity contribution in [2.75, 3.05) is 24.5 Å². The number of anilines is 1. The second-order valence-corrected chi connectivity index (χ2v) is 8.21. The number of aryl methyl sites for hydroxylation is 2. The van der Waals surface area contributed by atoms with Crippen LogP contribution in [-0.2, 0) is 11.8 Å². The number of carbonyl (C=O) groups is 1. The highest BCUT2D eigenvalue weighted by Gasteiger charge is 2.31. The first-order valence-corrected chi connectivity index (χ1v) is 9.19. The van der Waals surface area contributed by atoms with E-state index in [0.717, 1.165) is 22.7 Å². The van der Waals surface area contributed by atoms with Gasteiger partial charge in [0.05, 0.1) is 5.69 Å². The molecule has 0 saturated carbocycles. The van der Waals surface area contributed by atoms with Crippen LogP contribution in [0, 0.1) is 6.92 Å². The molecule has 0 aliphatic carbocycles. The van der Waals surface area contributed by atoms with Crippen molar-refractivity contribution in [1.29, 1.82) is 0 Å². The lowest BCUT2D eigenvalue weighted by Crippen LogP contribution is -2.54. The van der Waals surface area contributed by atoms with Crippen molar-refractivity contribution in [3.63, 3.8) is 0 Å². The van der Waals surface area contributed by atoms with E-state index < -0.39 is 5.60 Å². The number of pyridine rings is 1. The standard InChI is InChI=1S/C18H26ClN5O2/c1-11-10-23(17(25)26-18(3,4)5)7-8-24(11)13-9-14(19)21-16-15(13)20-12(2)22(16)6/h9,11H,7-8,10H2,1-6H3. The van der Waals surface area contributed by atoms with Gasteiger partial charge in [-0.25, -0.2) is 14.8 Å². The molecule has 0 N–H and O–H groups in total. The summed E-state index contributed by atoms with van der Waals surface area (Å²) in [5.74, 6) is 0.885. The van der Waals surface area contributed by atoms with E-state index in [9.17, 15) is 4.79 Å². The summed E-state index contributed by atoms with van der Waals surface area (Å²) < 4.78 is 7.43. The molecule has 7 nitrogen and oxygen atoms in total. The van der Waals surface area contributed by atoms with E-state index in [1.54, 1.807) is 4.90 Å². The molecule has 3 rings (SSSR count). The van der Waals surface area contributed by atoms with Crippen molar-refractivity contribution in [1.82, 2.24) is 19.4 Å². The van der Waals surface area contributed by atoms with Crippen molar-refractivity contribution in [2.24, 2.45) is 7.05 Å². The number of amides is 1. The molecule has 1 aliphatic rings. The maximum absolute atomic E-state index is 12.4. The lowest BCUT2D eigenvalue weighted by atomic mass is 10.1. The highest BCUT2D eigenvalue weighted by atomic mass is 35.5. The number of rotatable bonds is 1. The van der Waals surface area contributed by atoms with Crippen LogP contribution in [-0.4, -0.2) is 56.8 Å². The predicted octanol–water partition coefficient (Wildman–Crippen LogP) is 3.38. The van der Waals surface area contributed by atoms with Crippen molar-refractivity contribution >= 4 is 34.5 Å². The highest BCUT2D eigenvalue weighted by molar-refractivity contribution is 6.30. The van der Waals surface area contributed by atoms with Crippen molar-refractivity contribution in [3.05, 3.63) is 17.0 Å². The molecule has 1 atom stereocenters. The van der Waals surface area contributed by atoms with Crippen LogP contribution in [0.5, 0.6) is 0 Å². The monoisotopic (exact) mass is 379 g/mol. The molecule has 0 bridgehead atoms. The Labute approximate surface area is 158 Å². The molecule has 8 heteroatoms. The number of aromatic nitrogens is 3. The first kappa shape index (κ1) is 18.8. The number of hydrogen-bond donors (Lipinski definition) is 0. The summed E-state index contributed by atoms with van der Waals surface area (Å²) in [5, 5.41) is 0.442. The molecule has 142 valence electrons. The van der Waals surface area contributed by atoms with Gasteiger partial charge in [-0.15, -0.1) is 0 Å². The number of carbonyl (C=O) groups excluding carboxylic acids is 1. The van der Waals surface area contributed by atoms with E-state index in [2.05, 4.69) is 21.8 Å². The normalized spacial score (nSPS) is 18.5. The molecule has 1 amide bonds. The van der Waals surface area contributed by atoms with E-state index in [1.807, 2.05) is 45.4 Å². The first-order chi connectivity index (χ1) is 12.1. The molecule has 1 fully saturated rings. The minimum absolute atomic E-state index is 0.111. The fourth-order valence-corrected chi connectivity index (χ4v) is 3.42. The molecule has 2 aromatic rings. The predicted molar refractivity (Wildman–Crippen MR) is 103 cm³/mol. The number of hydrogen-bond acceptors (Lipinski definition) is 5. The van der Waals surface area contributed by atoms with Gasteiger partial charge in [0.1, 0.15) is 22.1 Å². The number of nitrogens with zero attached hydrogens (tertiary/aromatic N) is 5. The largest absolute Gasteiger partial charge is 0.444 e. The van der Waals surface area contributed by atoms with Crippen LogP contribution in [0.4, 0.5) is 10.5 Å². The molecule has 3 heterocycles. The summed E-state index contributed by atoms with van der Waals surface area (Å²) in [6.07, 6.45) is -0.268. The quantitative estimate of drug-likeness (QED) is 0.711. The van der Waals surface area contributed by atoms with Gasteiger partial charge in [-0.1, -0.05) is 11.6 Å². The minimum Gasteiger partial charge on any atom is -0.444 e. The summed E-state index contributed by atoms with van der Waals surface area (Å²) >= 11 is 6.26. The zero-order valence-corrected chi connectivity index (χ0v) is 17.0. The van der Waals surface area contributed by atoms with Gasteiger partial charge in [-0.2, -0.15) is 0 Å². The van der Waals surface area contributed by atoms with E-state index in [-0.39, 0.29) is 12.1 Å². The van der Waals surface area contributed by atoms with E-state index in [1.165, 1.54) is 0 Å². The van der Waals surface area contributed by atoms with Gasteiger partial charge >= 0.3 is 6.09 Å². The fourth-order valence-electron chi connectivity index (χ4n) is 3.24. The van der Waals surface area contributed by atoms with Gasteiger partial charge in [0.15, 0.2) is 5.65 Å². The van der Waals surface area contributed by atoms with Crippen LogP contribution in [0.2, 0.25) is 5.15 Å². The van der Waals surface area contributed by atoms with Crippen LogP contribution in [0.1, 0.15) is 33.5 Å². The Morgan fingerprint density at radius 2 is 2.00 bits per heavy atom. The van der Waals surface area contributed by atoms with Gasteiger partial charge < -0.3 is 19.1 Å². The molecule has 1 unspecified atom stereocenters. The zero-order chi connectivity index (χ0) is 19.2. The minimum atomic E-state index is -0.492. The summed E-state index contributed by atoms with van der Waals surface area (Å²) in [5.41, 5.74) is 2.08. The Morgan fingerprint density at radius 3 is 2.62 bits per heavy atom. The highest BCUT2D eigenvalue weighted by Crippen LogP contribution is 2.31. The van der Waals surface area contributed by atoms with Crippen molar-refractivity contribution in [3.8, 4) is 0 Å². The Hall–Kier alpha value is -2.02. The second kappa shape index (κ2) is 6.61. The molecule has 0 radical (unpaired) electrons. The molecule has 26 heavy (non-hydrogen) atoms. The van der Waals surface area contributed by atoms with Crippen molar-refractivity contribution in [2.45, 2.75) is 46.3 Å². The van der Waals surface area contributed by atoms with E-state index in [4.69, 9.17) is 16.3 Å². The van der Waals surface area contributed by atoms with Crippen LogP contribution in [0.25, 0.3) is 11.2 Å². The van der Waals surface area contributed by atoms with Crippen LogP contribution in [0.15, 0.2) is 6.07 Å². The Balaban J connectivity index is 1.85. The lowest BCUT2D eigenvalue weighted by molar-refractivity contribution is 0.0219. The van der Waals surface area contributed by atoms with Gasteiger partial charge in [0.2, 0.25) is 0 Å². The number of imidazole rings is 1. The smallest absolute Gasteiger partial charge is 0.410 e. The zero-order valence-electron chi connectivity index (χ0n) is 16.2. The number of halogens is 1. The molecular weight excluding hydrogens is 354 g/mol. The van der Waals surface area contributed by atoms with Gasteiger partial charge in [0, 0.05) is 38.8 Å². The summed E-state index contributed by atoms with van der Waals surface area (Å²) in [4.78, 5) is 25.4.